The molecular weight excluding hydrogens is 372 g/mol. The number of hydrogen-bond acceptors (Lipinski definition) is 7. The van der Waals surface area contributed by atoms with Crippen LogP contribution in [0.1, 0.15) is 26.5 Å². The van der Waals surface area contributed by atoms with Crippen LogP contribution in [0.25, 0.3) is 16.9 Å². The molecule has 1 aromatic carbocycles. The first-order valence-electron chi connectivity index (χ1n) is 8.90. The Bertz CT molecular complexity index is 1170. The van der Waals surface area contributed by atoms with E-state index in [1.807, 2.05) is 32.9 Å². The zero-order valence-corrected chi connectivity index (χ0v) is 16.2. The maximum Gasteiger partial charge on any atom is 0.324 e. The second-order valence-corrected chi connectivity index (χ2v) is 7.50. The van der Waals surface area contributed by atoms with Crippen molar-refractivity contribution in [3.8, 4) is 5.69 Å². The molecule has 0 saturated carbocycles. The predicted octanol–water partition coefficient (Wildman–Crippen LogP) is 3.33. The highest BCUT2D eigenvalue weighted by molar-refractivity contribution is 5.99. The van der Waals surface area contributed by atoms with Gasteiger partial charge in [0, 0.05) is 22.9 Å². The highest BCUT2D eigenvalue weighted by Gasteiger charge is 2.20. The summed E-state index contributed by atoms with van der Waals surface area (Å²) in [6, 6.07) is 8.51. The van der Waals surface area contributed by atoms with Crippen LogP contribution in [0.3, 0.4) is 0 Å². The molecule has 0 bridgehead atoms. The molecular formula is C19H20N8O2. The summed E-state index contributed by atoms with van der Waals surface area (Å²) in [6.45, 7) is 6.01. The number of urea groups is 1. The van der Waals surface area contributed by atoms with Gasteiger partial charge < -0.3 is 15.6 Å². The predicted molar refractivity (Wildman–Crippen MR) is 109 cm³/mol. The Morgan fingerprint density at radius 3 is 2.55 bits per heavy atom. The molecule has 29 heavy (non-hydrogen) atoms. The Hall–Kier alpha value is -3.95. The molecule has 4 rings (SSSR count). The molecule has 0 fully saturated rings. The summed E-state index contributed by atoms with van der Waals surface area (Å²) < 4.78 is 7.05. The SMILES string of the molecule is CC(C)(C)c1cc(NC(=O)Nc2ccc(-n3cnc4c(N)ncnc43)cc2)no1. The number of fused-ring (bicyclic) bond motifs is 1. The first-order chi connectivity index (χ1) is 13.8. The Labute approximate surface area is 166 Å². The minimum Gasteiger partial charge on any atom is -0.382 e. The Morgan fingerprint density at radius 2 is 1.86 bits per heavy atom. The molecule has 0 atom stereocenters. The van der Waals surface area contributed by atoms with Gasteiger partial charge in [-0.2, -0.15) is 0 Å². The van der Waals surface area contributed by atoms with Gasteiger partial charge in [0.25, 0.3) is 0 Å². The van der Waals surface area contributed by atoms with Gasteiger partial charge in [-0.15, -0.1) is 0 Å². The number of aromatic nitrogens is 5. The van der Waals surface area contributed by atoms with Crippen molar-refractivity contribution in [1.82, 2.24) is 24.7 Å². The smallest absolute Gasteiger partial charge is 0.324 e. The number of hydrogen-bond donors (Lipinski definition) is 3. The molecule has 0 unspecified atom stereocenters. The molecule has 10 nitrogen and oxygen atoms in total. The van der Waals surface area contributed by atoms with Crippen molar-refractivity contribution in [2.75, 3.05) is 16.4 Å². The van der Waals surface area contributed by atoms with Gasteiger partial charge in [0.05, 0.1) is 0 Å². The van der Waals surface area contributed by atoms with Crippen LogP contribution >= 0.6 is 0 Å². The summed E-state index contributed by atoms with van der Waals surface area (Å²) >= 11 is 0. The fourth-order valence-corrected chi connectivity index (χ4v) is 2.71. The third-order valence-corrected chi connectivity index (χ3v) is 4.26. The number of benzene rings is 1. The Kier molecular flexibility index (Phi) is 4.38. The van der Waals surface area contributed by atoms with Crippen LogP contribution in [0.4, 0.5) is 22.1 Å². The number of nitrogens with two attached hydrogens (primary N) is 1. The molecule has 0 spiro atoms. The van der Waals surface area contributed by atoms with Crippen LogP contribution in [0.5, 0.6) is 0 Å². The van der Waals surface area contributed by atoms with E-state index in [1.54, 1.807) is 29.1 Å². The van der Waals surface area contributed by atoms with Crippen molar-refractivity contribution >= 4 is 34.5 Å². The van der Waals surface area contributed by atoms with E-state index in [0.717, 1.165) is 5.69 Å². The minimum absolute atomic E-state index is 0.188. The maximum absolute atomic E-state index is 12.2. The topological polar surface area (TPSA) is 137 Å². The number of nitrogens with one attached hydrogen (secondary N) is 2. The highest BCUT2D eigenvalue weighted by atomic mass is 16.5. The van der Waals surface area contributed by atoms with Crippen molar-refractivity contribution in [2.45, 2.75) is 26.2 Å². The fraction of sp³-hybridized carbons (Fsp3) is 0.211. The molecule has 2 amide bonds. The van der Waals surface area contributed by atoms with E-state index < -0.39 is 6.03 Å². The molecule has 4 N–H and O–H groups in total. The summed E-state index contributed by atoms with van der Waals surface area (Å²) in [6.07, 6.45) is 3.02. The number of carbonyl (C=O) groups excluding carboxylic acids is 1. The highest BCUT2D eigenvalue weighted by Crippen LogP contribution is 2.24. The third-order valence-electron chi connectivity index (χ3n) is 4.26. The van der Waals surface area contributed by atoms with E-state index in [9.17, 15) is 4.79 Å². The molecule has 0 saturated heterocycles. The summed E-state index contributed by atoms with van der Waals surface area (Å²) in [5.74, 6) is 1.37. The van der Waals surface area contributed by atoms with Crippen molar-refractivity contribution in [3.05, 3.63) is 48.7 Å². The molecule has 3 heterocycles. The summed E-state index contributed by atoms with van der Waals surface area (Å²) in [7, 11) is 0. The van der Waals surface area contributed by atoms with Crippen LogP contribution in [0.15, 0.2) is 47.5 Å². The fourth-order valence-electron chi connectivity index (χ4n) is 2.71. The van der Waals surface area contributed by atoms with Crippen LogP contribution in [-0.2, 0) is 5.41 Å². The van der Waals surface area contributed by atoms with Crippen LogP contribution < -0.4 is 16.4 Å². The second kappa shape index (κ2) is 6.89. The van der Waals surface area contributed by atoms with Gasteiger partial charge in [-0.05, 0) is 24.3 Å². The van der Waals surface area contributed by atoms with E-state index in [-0.39, 0.29) is 5.41 Å². The standard InChI is InChI=1S/C19H20N8O2/c1-19(2,3)13-8-14(26-29-13)25-18(28)24-11-4-6-12(7-5-11)27-10-23-15-16(20)21-9-22-17(15)27/h4-10H,1-3H3,(H2,20,21,22)(H2,24,25,26,28). The van der Waals surface area contributed by atoms with Crippen molar-refractivity contribution < 1.29 is 9.32 Å². The lowest BCUT2D eigenvalue weighted by Crippen LogP contribution is -2.19. The van der Waals surface area contributed by atoms with Crippen molar-refractivity contribution in [3.63, 3.8) is 0 Å². The van der Waals surface area contributed by atoms with Crippen LogP contribution in [0.2, 0.25) is 0 Å². The molecule has 0 radical (unpaired) electrons. The monoisotopic (exact) mass is 392 g/mol. The summed E-state index contributed by atoms with van der Waals surface area (Å²) in [5.41, 5.74) is 8.22. The number of rotatable bonds is 3. The van der Waals surface area contributed by atoms with E-state index in [4.69, 9.17) is 10.3 Å². The van der Waals surface area contributed by atoms with E-state index in [0.29, 0.717) is 34.2 Å². The van der Waals surface area contributed by atoms with Crippen LogP contribution in [0, 0.1) is 0 Å². The average Bonchev–Trinajstić information content (AvgIpc) is 3.30. The molecule has 148 valence electrons. The minimum atomic E-state index is -0.417. The average molecular weight is 392 g/mol. The molecule has 4 aromatic rings. The molecule has 0 aliphatic rings. The zero-order valence-electron chi connectivity index (χ0n) is 16.2. The van der Waals surface area contributed by atoms with Gasteiger partial charge >= 0.3 is 6.03 Å². The van der Waals surface area contributed by atoms with E-state index >= 15 is 0 Å². The van der Waals surface area contributed by atoms with Gasteiger partial charge in [0.15, 0.2) is 22.8 Å². The van der Waals surface area contributed by atoms with Gasteiger partial charge in [0.2, 0.25) is 0 Å². The number of carbonyl (C=O) groups is 1. The van der Waals surface area contributed by atoms with Crippen molar-refractivity contribution in [1.29, 1.82) is 0 Å². The number of nitrogen functional groups attached to an aromatic ring is 1. The summed E-state index contributed by atoms with van der Waals surface area (Å²) in [5, 5.41) is 9.28. The molecule has 0 aliphatic heterocycles. The number of imidazole rings is 1. The quantitative estimate of drug-likeness (QED) is 0.486. The second-order valence-electron chi connectivity index (χ2n) is 7.50. The van der Waals surface area contributed by atoms with Gasteiger partial charge in [0.1, 0.15) is 18.4 Å². The maximum atomic E-state index is 12.2. The summed E-state index contributed by atoms with van der Waals surface area (Å²) in [4.78, 5) is 24.6. The van der Waals surface area contributed by atoms with Gasteiger partial charge in [-0.1, -0.05) is 25.9 Å². The van der Waals surface area contributed by atoms with E-state index in [2.05, 4.69) is 30.7 Å². The zero-order chi connectivity index (χ0) is 20.6. The third kappa shape index (κ3) is 3.72. The Morgan fingerprint density at radius 1 is 1.10 bits per heavy atom. The van der Waals surface area contributed by atoms with Gasteiger partial charge in [-0.25, -0.2) is 19.7 Å². The Balaban J connectivity index is 1.46. The first-order valence-corrected chi connectivity index (χ1v) is 8.90. The van der Waals surface area contributed by atoms with Crippen LogP contribution in [-0.4, -0.2) is 30.7 Å². The number of amides is 2. The first kappa shape index (κ1) is 18.4. The van der Waals surface area contributed by atoms with Gasteiger partial charge in [-0.3, -0.25) is 9.88 Å². The van der Waals surface area contributed by atoms with Crippen molar-refractivity contribution in [2.24, 2.45) is 0 Å². The normalized spacial score (nSPS) is 11.6. The molecule has 10 heteroatoms. The number of anilines is 3. The number of nitrogens with zero attached hydrogens (tertiary/aromatic N) is 5. The molecule has 3 aromatic heterocycles. The molecule has 0 aliphatic carbocycles. The lowest BCUT2D eigenvalue weighted by molar-refractivity contribution is 0.262. The van der Waals surface area contributed by atoms with E-state index in [1.165, 1.54) is 6.33 Å². The lowest BCUT2D eigenvalue weighted by atomic mass is 9.93. The largest absolute Gasteiger partial charge is 0.382 e. The lowest BCUT2D eigenvalue weighted by Gasteiger charge is -2.12.